The molecule has 1 N–H and O–H groups in total. The molecule has 0 bridgehead atoms. The molecular formula is C9H18O3S. The van der Waals surface area contributed by atoms with E-state index in [9.17, 15) is 9.90 Å². The van der Waals surface area contributed by atoms with Crippen LogP contribution in [0.5, 0.6) is 0 Å². The second-order valence-corrected chi connectivity index (χ2v) is 4.15. The molecule has 0 saturated carbocycles. The number of carbonyl (C=O) groups is 1. The van der Waals surface area contributed by atoms with Gasteiger partial charge in [-0.25, -0.2) is 0 Å². The third-order valence-corrected chi connectivity index (χ3v) is 2.64. The first-order chi connectivity index (χ1) is 6.20. The third-order valence-electron chi connectivity index (χ3n) is 1.71. The quantitative estimate of drug-likeness (QED) is 0.506. The van der Waals surface area contributed by atoms with Crippen LogP contribution in [0, 0.1) is 0 Å². The van der Waals surface area contributed by atoms with Crippen LogP contribution in [0.25, 0.3) is 0 Å². The monoisotopic (exact) mass is 206 g/mol. The lowest BCUT2D eigenvalue weighted by Gasteiger charge is -2.08. The lowest BCUT2D eigenvalue weighted by Crippen LogP contribution is -2.11. The second-order valence-electron chi connectivity index (χ2n) is 2.75. The summed E-state index contributed by atoms with van der Waals surface area (Å²) < 4.78 is 4.47. The fraction of sp³-hybridized carbons (Fsp3) is 0.889. The minimum Gasteiger partial charge on any atom is -0.469 e. The predicted molar refractivity (Wildman–Crippen MR) is 54.9 cm³/mol. The van der Waals surface area contributed by atoms with E-state index in [2.05, 4.69) is 11.7 Å². The first kappa shape index (κ1) is 12.8. The van der Waals surface area contributed by atoms with Crippen LogP contribution in [0.4, 0.5) is 0 Å². The topological polar surface area (TPSA) is 46.5 Å². The fourth-order valence-corrected chi connectivity index (χ4v) is 1.62. The summed E-state index contributed by atoms with van der Waals surface area (Å²) in [5.41, 5.74) is 0. The van der Waals surface area contributed by atoms with E-state index in [-0.39, 0.29) is 12.1 Å². The molecule has 0 fully saturated rings. The Morgan fingerprint density at radius 2 is 2.23 bits per heavy atom. The average Bonchev–Trinajstić information content (AvgIpc) is 2.14. The molecule has 0 saturated heterocycles. The Bertz CT molecular complexity index is 139. The molecule has 1 unspecified atom stereocenters. The van der Waals surface area contributed by atoms with Gasteiger partial charge in [0.25, 0.3) is 0 Å². The number of rotatable bonds is 7. The largest absolute Gasteiger partial charge is 0.469 e. The SMILES string of the molecule is CCSCCC(O)CCC(=O)OC. The molecule has 13 heavy (non-hydrogen) atoms. The number of carbonyl (C=O) groups excluding carboxylic acids is 1. The smallest absolute Gasteiger partial charge is 0.305 e. The summed E-state index contributed by atoms with van der Waals surface area (Å²) in [7, 11) is 1.36. The Morgan fingerprint density at radius 3 is 2.77 bits per heavy atom. The predicted octanol–water partition coefficient (Wildman–Crippen LogP) is 1.44. The van der Waals surface area contributed by atoms with Crippen molar-refractivity contribution in [1.82, 2.24) is 0 Å². The van der Waals surface area contributed by atoms with Crippen LogP contribution in [0.15, 0.2) is 0 Å². The summed E-state index contributed by atoms with van der Waals surface area (Å²) in [6, 6.07) is 0. The molecule has 0 aromatic heterocycles. The number of aliphatic hydroxyl groups excluding tert-OH is 1. The van der Waals surface area contributed by atoms with Crippen LogP contribution in [-0.4, -0.2) is 35.8 Å². The highest BCUT2D eigenvalue weighted by Crippen LogP contribution is 2.08. The van der Waals surface area contributed by atoms with Gasteiger partial charge in [-0.1, -0.05) is 6.92 Å². The van der Waals surface area contributed by atoms with Crippen molar-refractivity contribution in [3.8, 4) is 0 Å². The van der Waals surface area contributed by atoms with Crippen LogP contribution in [0.2, 0.25) is 0 Å². The number of methoxy groups -OCH3 is 1. The summed E-state index contributed by atoms with van der Waals surface area (Å²) in [5.74, 6) is 1.78. The first-order valence-electron chi connectivity index (χ1n) is 4.53. The Kier molecular flexibility index (Phi) is 8.24. The van der Waals surface area contributed by atoms with E-state index < -0.39 is 0 Å². The zero-order valence-electron chi connectivity index (χ0n) is 8.28. The lowest BCUT2D eigenvalue weighted by molar-refractivity contribution is -0.141. The van der Waals surface area contributed by atoms with Crippen molar-refractivity contribution in [2.75, 3.05) is 18.6 Å². The zero-order chi connectivity index (χ0) is 10.1. The van der Waals surface area contributed by atoms with Crippen LogP contribution >= 0.6 is 11.8 Å². The third kappa shape index (κ3) is 8.12. The highest BCUT2D eigenvalue weighted by atomic mass is 32.2. The highest BCUT2D eigenvalue weighted by Gasteiger charge is 2.07. The van der Waals surface area contributed by atoms with Gasteiger partial charge < -0.3 is 9.84 Å². The highest BCUT2D eigenvalue weighted by molar-refractivity contribution is 7.99. The summed E-state index contributed by atoms with van der Waals surface area (Å²) in [6.45, 7) is 2.09. The molecule has 0 spiro atoms. The lowest BCUT2D eigenvalue weighted by atomic mass is 10.1. The molecule has 0 aliphatic heterocycles. The van der Waals surface area contributed by atoms with Gasteiger partial charge in [0.05, 0.1) is 13.2 Å². The van der Waals surface area contributed by atoms with E-state index >= 15 is 0 Å². The summed E-state index contributed by atoms with van der Waals surface area (Å²) in [6.07, 6.45) is 1.22. The van der Waals surface area contributed by atoms with Crippen molar-refractivity contribution in [3.63, 3.8) is 0 Å². The molecular weight excluding hydrogens is 188 g/mol. The molecule has 0 rings (SSSR count). The Morgan fingerprint density at radius 1 is 1.54 bits per heavy atom. The molecule has 78 valence electrons. The molecule has 0 aliphatic carbocycles. The molecule has 0 aromatic rings. The normalized spacial score (nSPS) is 12.5. The van der Waals surface area contributed by atoms with E-state index in [4.69, 9.17) is 0 Å². The van der Waals surface area contributed by atoms with Gasteiger partial charge in [0, 0.05) is 6.42 Å². The second kappa shape index (κ2) is 8.38. The van der Waals surface area contributed by atoms with Gasteiger partial charge in [-0.15, -0.1) is 0 Å². The molecule has 0 heterocycles. The maximum atomic E-state index is 10.7. The molecule has 4 heteroatoms. The van der Waals surface area contributed by atoms with Crippen LogP contribution < -0.4 is 0 Å². The first-order valence-corrected chi connectivity index (χ1v) is 5.68. The van der Waals surface area contributed by atoms with Crippen molar-refractivity contribution in [3.05, 3.63) is 0 Å². The molecule has 1 atom stereocenters. The minimum absolute atomic E-state index is 0.248. The van der Waals surface area contributed by atoms with Crippen molar-refractivity contribution in [2.45, 2.75) is 32.3 Å². The molecule has 0 aromatic carbocycles. The van der Waals surface area contributed by atoms with Gasteiger partial charge >= 0.3 is 5.97 Å². The van der Waals surface area contributed by atoms with Gasteiger partial charge in [-0.3, -0.25) is 4.79 Å². The number of aliphatic hydroxyl groups is 1. The van der Waals surface area contributed by atoms with E-state index in [0.29, 0.717) is 12.8 Å². The maximum absolute atomic E-state index is 10.7. The van der Waals surface area contributed by atoms with E-state index in [0.717, 1.165) is 17.9 Å². The van der Waals surface area contributed by atoms with E-state index in [1.807, 2.05) is 0 Å². The minimum atomic E-state index is -0.363. The summed E-state index contributed by atoms with van der Waals surface area (Å²) in [5, 5.41) is 9.40. The average molecular weight is 206 g/mol. The van der Waals surface area contributed by atoms with Crippen molar-refractivity contribution in [1.29, 1.82) is 0 Å². The molecule has 3 nitrogen and oxygen atoms in total. The van der Waals surface area contributed by atoms with Crippen LogP contribution in [-0.2, 0) is 9.53 Å². The number of ether oxygens (including phenoxy) is 1. The summed E-state index contributed by atoms with van der Waals surface area (Å²) in [4.78, 5) is 10.7. The van der Waals surface area contributed by atoms with Gasteiger partial charge in [-0.05, 0) is 24.3 Å². The molecule has 0 aliphatic rings. The van der Waals surface area contributed by atoms with Crippen molar-refractivity contribution >= 4 is 17.7 Å². The van der Waals surface area contributed by atoms with Gasteiger partial charge in [0.15, 0.2) is 0 Å². The van der Waals surface area contributed by atoms with Crippen LogP contribution in [0.1, 0.15) is 26.2 Å². The Labute approximate surface area is 83.9 Å². The molecule has 0 radical (unpaired) electrons. The Balaban J connectivity index is 3.29. The Hall–Kier alpha value is -0.220. The van der Waals surface area contributed by atoms with E-state index in [1.54, 1.807) is 11.8 Å². The van der Waals surface area contributed by atoms with Crippen molar-refractivity contribution < 1.29 is 14.6 Å². The van der Waals surface area contributed by atoms with Gasteiger partial charge in [0.1, 0.15) is 0 Å². The van der Waals surface area contributed by atoms with Crippen molar-refractivity contribution in [2.24, 2.45) is 0 Å². The zero-order valence-corrected chi connectivity index (χ0v) is 9.10. The van der Waals surface area contributed by atoms with Crippen LogP contribution in [0.3, 0.4) is 0 Å². The maximum Gasteiger partial charge on any atom is 0.305 e. The fourth-order valence-electron chi connectivity index (χ4n) is 0.895. The number of hydrogen-bond acceptors (Lipinski definition) is 4. The summed E-state index contributed by atoms with van der Waals surface area (Å²) >= 11 is 1.80. The number of esters is 1. The number of thioether (sulfide) groups is 1. The number of hydrogen-bond donors (Lipinski definition) is 1. The standard InChI is InChI=1S/C9H18O3S/c1-3-13-7-6-8(10)4-5-9(11)12-2/h8,10H,3-7H2,1-2H3. The van der Waals surface area contributed by atoms with Gasteiger partial charge in [-0.2, -0.15) is 11.8 Å². The van der Waals surface area contributed by atoms with Gasteiger partial charge in [0.2, 0.25) is 0 Å². The molecule has 0 amide bonds. The van der Waals surface area contributed by atoms with E-state index in [1.165, 1.54) is 7.11 Å².